The fourth-order valence-electron chi connectivity index (χ4n) is 6.54. The highest BCUT2D eigenvalue weighted by Gasteiger charge is 2.52. The second kappa shape index (κ2) is 12.1. The minimum absolute atomic E-state index is 0.0283. The number of hydrogen-bond acceptors (Lipinski definition) is 6. The summed E-state index contributed by atoms with van der Waals surface area (Å²) in [7, 11) is -4.12. The van der Waals surface area contributed by atoms with Crippen molar-refractivity contribution in [3.05, 3.63) is 46.4 Å². The summed E-state index contributed by atoms with van der Waals surface area (Å²) in [6.45, 7) is 0. The first-order valence-corrected chi connectivity index (χ1v) is 16.2. The standard InChI is InChI=1S/C29H32BrF3N2O6S/c1-40-23-15-22(30)24(41-19-7-3-2-4-8-19)14-21(23)27(36)35-26-17-11-10-16(12-17)25(26)28(37)34-18-6-5-9-20(13-18)42(38,39)29(31,32)33/h5-6,9,13-17,19,25-26H,2-4,7-8,10-12H2,1H3,(H,34,37)(H,35,36)/t16-,17+,25+,26-/m1/s1. The molecule has 3 aliphatic rings. The minimum atomic E-state index is -5.58. The summed E-state index contributed by atoms with van der Waals surface area (Å²) >= 11 is 3.51. The highest BCUT2D eigenvalue weighted by molar-refractivity contribution is 9.10. The second-order valence-corrected chi connectivity index (χ2v) is 14.0. The number of benzene rings is 2. The quantitative estimate of drug-likeness (QED) is 0.343. The van der Waals surface area contributed by atoms with E-state index in [9.17, 15) is 31.2 Å². The number of hydrogen-bond donors (Lipinski definition) is 2. The fourth-order valence-corrected chi connectivity index (χ4v) is 7.76. The van der Waals surface area contributed by atoms with Crippen LogP contribution in [0, 0.1) is 17.8 Å². The van der Waals surface area contributed by atoms with Crippen LogP contribution in [-0.4, -0.2) is 45.0 Å². The maximum Gasteiger partial charge on any atom is 0.501 e. The number of carbonyl (C=O) groups excluding carboxylic acids is 2. The molecule has 13 heteroatoms. The Balaban J connectivity index is 1.34. The largest absolute Gasteiger partial charge is 0.501 e. The Morgan fingerprint density at radius 3 is 2.38 bits per heavy atom. The molecule has 3 fully saturated rings. The predicted molar refractivity (Wildman–Crippen MR) is 152 cm³/mol. The molecule has 2 amide bonds. The summed E-state index contributed by atoms with van der Waals surface area (Å²) in [5, 5.41) is 5.62. The molecular weight excluding hydrogens is 641 g/mol. The summed E-state index contributed by atoms with van der Waals surface area (Å²) in [5.74, 6) is -0.675. The van der Waals surface area contributed by atoms with Crippen LogP contribution in [0.3, 0.4) is 0 Å². The summed E-state index contributed by atoms with van der Waals surface area (Å²) in [5.41, 5.74) is -5.28. The van der Waals surface area contributed by atoms with Gasteiger partial charge in [-0.1, -0.05) is 12.5 Å². The molecule has 3 aliphatic carbocycles. The lowest BCUT2D eigenvalue weighted by Crippen LogP contribution is -2.48. The molecule has 0 spiro atoms. The number of fused-ring (bicyclic) bond motifs is 2. The zero-order valence-electron chi connectivity index (χ0n) is 22.9. The highest BCUT2D eigenvalue weighted by Crippen LogP contribution is 2.49. The zero-order chi connectivity index (χ0) is 30.2. The van der Waals surface area contributed by atoms with E-state index in [1.807, 2.05) is 0 Å². The monoisotopic (exact) mass is 672 g/mol. The van der Waals surface area contributed by atoms with Gasteiger partial charge >= 0.3 is 5.51 Å². The first-order valence-electron chi connectivity index (χ1n) is 14.0. The van der Waals surface area contributed by atoms with Crippen LogP contribution in [0.15, 0.2) is 45.8 Å². The Bertz CT molecular complexity index is 1460. The van der Waals surface area contributed by atoms with Crippen molar-refractivity contribution in [2.75, 3.05) is 12.4 Å². The van der Waals surface area contributed by atoms with Crippen molar-refractivity contribution in [3.63, 3.8) is 0 Å². The molecule has 2 aromatic carbocycles. The van der Waals surface area contributed by atoms with E-state index in [4.69, 9.17) is 9.47 Å². The lowest BCUT2D eigenvalue weighted by Gasteiger charge is -2.31. The topological polar surface area (TPSA) is 111 Å². The number of rotatable bonds is 8. The average Bonchev–Trinajstić information content (AvgIpc) is 3.56. The average molecular weight is 674 g/mol. The minimum Gasteiger partial charge on any atom is -0.496 e. The summed E-state index contributed by atoms with van der Waals surface area (Å²) in [6, 6.07) is 6.89. The van der Waals surface area contributed by atoms with Crippen LogP contribution in [0.25, 0.3) is 0 Å². The third-order valence-electron chi connectivity index (χ3n) is 8.58. The summed E-state index contributed by atoms with van der Waals surface area (Å²) < 4.78 is 75.3. The van der Waals surface area contributed by atoms with Gasteiger partial charge < -0.3 is 20.1 Å². The lowest BCUT2D eigenvalue weighted by molar-refractivity contribution is -0.122. The molecule has 0 aromatic heterocycles. The van der Waals surface area contributed by atoms with E-state index in [1.165, 1.54) is 19.6 Å². The van der Waals surface area contributed by atoms with Gasteiger partial charge in [0.1, 0.15) is 11.5 Å². The SMILES string of the molecule is COc1cc(Br)c(OC2CCCCC2)cc1C(=O)N[C@@H]1[C@H]2CC[C@H](C2)[C@@H]1C(=O)Nc1cccc(S(=O)(=O)C(F)(F)F)c1. The molecule has 0 aliphatic heterocycles. The van der Waals surface area contributed by atoms with Crippen molar-refractivity contribution >= 4 is 43.3 Å². The first-order chi connectivity index (χ1) is 19.9. The number of amides is 2. The maximum atomic E-state index is 13.6. The number of anilines is 1. The van der Waals surface area contributed by atoms with Gasteiger partial charge in [0.15, 0.2) is 0 Å². The molecule has 4 atom stereocenters. The second-order valence-electron chi connectivity index (χ2n) is 11.2. The van der Waals surface area contributed by atoms with Gasteiger partial charge in [0.05, 0.1) is 34.1 Å². The molecule has 0 heterocycles. The van der Waals surface area contributed by atoms with Gasteiger partial charge in [0.2, 0.25) is 5.91 Å². The molecule has 8 nitrogen and oxygen atoms in total. The maximum absolute atomic E-state index is 13.6. The number of methoxy groups -OCH3 is 1. The number of halogens is 4. The van der Waals surface area contributed by atoms with Crippen LogP contribution in [0.4, 0.5) is 18.9 Å². The number of carbonyl (C=O) groups is 2. The van der Waals surface area contributed by atoms with Crippen molar-refractivity contribution in [1.29, 1.82) is 0 Å². The van der Waals surface area contributed by atoms with Crippen LogP contribution >= 0.6 is 15.9 Å². The van der Waals surface area contributed by atoms with Gasteiger partial charge in [-0.2, -0.15) is 13.2 Å². The Morgan fingerprint density at radius 2 is 1.69 bits per heavy atom. The van der Waals surface area contributed by atoms with E-state index in [2.05, 4.69) is 26.6 Å². The number of nitrogens with one attached hydrogen (secondary N) is 2. The van der Waals surface area contributed by atoms with E-state index < -0.39 is 44.0 Å². The van der Waals surface area contributed by atoms with Crippen LogP contribution in [0.1, 0.15) is 61.7 Å². The van der Waals surface area contributed by atoms with E-state index in [-0.39, 0.29) is 29.2 Å². The summed E-state index contributed by atoms with van der Waals surface area (Å²) in [4.78, 5) is 26.1. The molecule has 3 saturated carbocycles. The van der Waals surface area contributed by atoms with Crippen molar-refractivity contribution in [1.82, 2.24) is 5.32 Å². The van der Waals surface area contributed by atoms with E-state index in [1.54, 1.807) is 12.1 Å². The molecule has 228 valence electrons. The van der Waals surface area contributed by atoms with E-state index in [0.717, 1.165) is 63.1 Å². The van der Waals surface area contributed by atoms with Crippen LogP contribution in [0.5, 0.6) is 11.5 Å². The molecule has 2 aromatic rings. The van der Waals surface area contributed by atoms with Crippen LogP contribution in [-0.2, 0) is 14.6 Å². The Labute approximate surface area is 250 Å². The van der Waals surface area contributed by atoms with Crippen LogP contribution in [0.2, 0.25) is 0 Å². The third-order valence-corrected chi connectivity index (χ3v) is 10.7. The van der Waals surface area contributed by atoms with Gasteiger partial charge in [0.25, 0.3) is 15.7 Å². The van der Waals surface area contributed by atoms with Crippen molar-refractivity contribution in [3.8, 4) is 11.5 Å². The molecule has 2 bridgehead atoms. The number of alkyl halides is 3. The van der Waals surface area contributed by atoms with Crippen LogP contribution < -0.4 is 20.1 Å². The predicted octanol–water partition coefficient (Wildman–Crippen LogP) is 6.25. The van der Waals surface area contributed by atoms with Gasteiger partial charge in [-0.15, -0.1) is 0 Å². The lowest BCUT2D eigenvalue weighted by atomic mass is 9.83. The fraction of sp³-hybridized carbons (Fsp3) is 0.517. The van der Waals surface area contributed by atoms with E-state index in [0.29, 0.717) is 16.0 Å². The van der Waals surface area contributed by atoms with Crippen molar-refractivity contribution in [2.24, 2.45) is 17.8 Å². The first kappa shape index (κ1) is 30.7. The summed E-state index contributed by atoms with van der Waals surface area (Å²) in [6.07, 6.45) is 7.60. The van der Waals surface area contributed by atoms with Gasteiger partial charge in [0, 0.05) is 11.7 Å². The molecule has 2 N–H and O–H groups in total. The molecule has 0 saturated heterocycles. The van der Waals surface area contributed by atoms with Gasteiger partial charge in [-0.25, -0.2) is 8.42 Å². The smallest absolute Gasteiger partial charge is 0.496 e. The molecule has 0 unspecified atom stereocenters. The molecule has 42 heavy (non-hydrogen) atoms. The highest BCUT2D eigenvalue weighted by atomic mass is 79.9. The van der Waals surface area contributed by atoms with Crippen molar-refractivity contribution < 1.29 is 40.7 Å². The molecule has 0 radical (unpaired) electrons. The Hall–Kier alpha value is -2.80. The molecule has 5 rings (SSSR count). The molecular formula is C29H32BrF3N2O6S. The van der Waals surface area contributed by atoms with Crippen molar-refractivity contribution in [2.45, 2.75) is 73.9 Å². The Kier molecular flexibility index (Phi) is 8.80. The third kappa shape index (κ3) is 6.13. The number of ether oxygens (including phenoxy) is 2. The normalized spacial score (nSPS) is 24.3. The van der Waals surface area contributed by atoms with Gasteiger partial charge in [-0.3, -0.25) is 9.59 Å². The number of sulfone groups is 1. The van der Waals surface area contributed by atoms with Gasteiger partial charge in [-0.05, 0) is 103 Å². The zero-order valence-corrected chi connectivity index (χ0v) is 25.3. The van der Waals surface area contributed by atoms with E-state index >= 15 is 0 Å². The Morgan fingerprint density at radius 1 is 0.976 bits per heavy atom.